The van der Waals surface area contributed by atoms with Gasteiger partial charge in [0, 0.05) is 16.5 Å². The largest absolute Gasteiger partial charge is 0.492 e. The van der Waals surface area contributed by atoms with Gasteiger partial charge in [-0.1, -0.05) is 27.5 Å². The third-order valence-electron chi connectivity index (χ3n) is 2.03. The Labute approximate surface area is 89.6 Å². The fourth-order valence-corrected chi connectivity index (χ4v) is 2.30. The van der Waals surface area contributed by atoms with Crippen molar-refractivity contribution in [2.75, 3.05) is 6.61 Å². The normalized spacial score (nSPS) is 20.7. The number of ether oxygens (including phenoxy) is 1. The van der Waals surface area contributed by atoms with Crippen LogP contribution in [0.25, 0.3) is 0 Å². The number of halogens is 2. The van der Waals surface area contributed by atoms with Gasteiger partial charge in [0.05, 0.1) is 17.7 Å². The zero-order valence-corrected chi connectivity index (χ0v) is 9.10. The van der Waals surface area contributed by atoms with E-state index in [4.69, 9.17) is 16.3 Å². The Bertz CT molecular complexity index is 341. The minimum atomic E-state index is -0.459. The second-order valence-electron chi connectivity index (χ2n) is 2.96. The number of hydrogen-bond donors (Lipinski definition) is 1. The van der Waals surface area contributed by atoms with E-state index in [1.54, 1.807) is 6.07 Å². The zero-order chi connectivity index (χ0) is 9.42. The first kappa shape index (κ1) is 9.31. The molecular formula is C9H8BrClO2. The first-order chi connectivity index (χ1) is 6.18. The molecule has 0 aromatic heterocycles. The predicted molar refractivity (Wildman–Crippen MR) is 54.2 cm³/mol. The molecule has 70 valence electrons. The molecule has 1 heterocycles. The van der Waals surface area contributed by atoms with E-state index in [2.05, 4.69) is 15.9 Å². The highest BCUT2D eigenvalue weighted by Gasteiger charge is 2.21. The number of benzene rings is 1. The topological polar surface area (TPSA) is 29.5 Å². The van der Waals surface area contributed by atoms with Crippen LogP contribution < -0.4 is 4.74 Å². The molecule has 13 heavy (non-hydrogen) atoms. The Morgan fingerprint density at radius 1 is 1.54 bits per heavy atom. The van der Waals surface area contributed by atoms with E-state index in [1.165, 1.54) is 0 Å². The van der Waals surface area contributed by atoms with Crippen LogP contribution in [0.5, 0.6) is 5.75 Å². The molecule has 0 fully saturated rings. The summed E-state index contributed by atoms with van der Waals surface area (Å²) in [5.41, 5.74) is 0.769. The Morgan fingerprint density at radius 3 is 3.08 bits per heavy atom. The minimum absolute atomic E-state index is 0.459. The molecule has 4 heteroatoms. The number of fused-ring (bicyclic) bond motifs is 1. The van der Waals surface area contributed by atoms with E-state index >= 15 is 0 Å². The fraction of sp³-hybridized carbons (Fsp3) is 0.333. The van der Waals surface area contributed by atoms with Crippen molar-refractivity contribution in [2.24, 2.45) is 0 Å². The van der Waals surface area contributed by atoms with Crippen LogP contribution in [0.4, 0.5) is 0 Å². The number of rotatable bonds is 0. The van der Waals surface area contributed by atoms with E-state index in [-0.39, 0.29) is 0 Å². The van der Waals surface area contributed by atoms with E-state index in [0.29, 0.717) is 23.8 Å². The molecule has 1 aliphatic heterocycles. The van der Waals surface area contributed by atoms with Gasteiger partial charge in [0.2, 0.25) is 0 Å². The van der Waals surface area contributed by atoms with Crippen LogP contribution in [0.3, 0.4) is 0 Å². The van der Waals surface area contributed by atoms with Gasteiger partial charge >= 0.3 is 0 Å². The molecule has 0 saturated carbocycles. The summed E-state index contributed by atoms with van der Waals surface area (Å²) in [6.07, 6.45) is 0.165. The van der Waals surface area contributed by atoms with Crippen LogP contribution in [0.15, 0.2) is 16.6 Å². The van der Waals surface area contributed by atoms with Crippen molar-refractivity contribution in [3.05, 3.63) is 27.2 Å². The maximum absolute atomic E-state index is 9.65. The quantitative estimate of drug-likeness (QED) is 0.780. The highest BCUT2D eigenvalue weighted by Crippen LogP contribution is 2.39. The van der Waals surface area contributed by atoms with Gasteiger partial charge in [0.1, 0.15) is 5.75 Å². The van der Waals surface area contributed by atoms with Crippen LogP contribution in [0.2, 0.25) is 5.02 Å². The van der Waals surface area contributed by atoms with Gasteiger partial charge in [-0.2, -0.15) is 0 Å². The van der Waals surface area contributed by atoms with E-state index in [9.17, 15) is 5.11 Å². The Balaban J connectivity index is 2.56. The van der Waals surface area contributed by atoms with Gasteiger partial charge in [-0.05, 0) is 12.1 Å². The highest BCUT2D eigenvalue weighted by molar-refractivity contribution is 9.10. The molecule has 1 unspecified atom stereocenters. The van der Waals surface area contributed by atoms with Gasteiger partial charge in [0.25, 0.3) is 0 Å². The van der Waals surface area contributed by atoms with Crippen LogP contribution >= 0.6 is 27.5 Å². The predicted octanol–water partition coefficient (Wildman–Crippen LogP) is 2.92. The summed E-state index contributed by atoms with van der Waals surface area (Å²) in [6.45, 7) is 0.523. The zero-order valence-electron chi connectivity index (χ0n) is 6.76. The number of aliphatic hydroxyl groups is 1. The summed E-state index contributed by atoms with van der Waals surface area (Å²) in [5.74, 6) is 0.614. The maximum Gasteiger partial charge on any atom is 0.143 e. The average Bonchev–Trinajstić information content (AvgIpc) is 2.07. The lowest BCUT2D eigenvalue weighted by molar-refractivity contribution is 0.115. The maximum atomic E-state index is 9.65. The monoisotopic (exact) mass is 262 g/mol. The molecule has 0 aliphatic carbocycles. The third kappa shape index (κ3) is 1.68. The molecule has 1 aromatic carbocycles. The molecule has 0 saturated heterocycles. The van der Waals surface area contributed by atoms with Crippen molar-refractivity contribution >= 4 is 27.5 Å². The molecule has 0 amide bonds. The molecule has 1 N–H and O–H groups in total. The van der Waals surface area contributed by atoms with Crippen LogP contribution in [0, 0.1) is 0 Å². The van der Waals surface area contributed by atoms with E-state index in [0.717, 1.165) is 10.0 Å². The van der Waals surface area contributed by atoms with E-state index in [1.807, 2.05) is 6.07 Å². The summed E-state index contributed by atoms with van der Waals surface area (Å²) in [7, 11) is 0. The number of hydrogen-bond acceptors (Lipinski definition) is 2. The van der Waals surface area contributed by atoms with Gasteiger partial charge in [-0.25, -0.2) is 0 Å². The Kier molecular flexibility index (Phi) is 2.49. The summed E-state index contributed by atoms with van der Waals surface area (Å²) in [4.78, 5) is 0. The van der Waals surface area contributed by atoms with Crippen molar-refractivity contribution < 1.29 is 9.84 Å². The van der Waals surface area contributed by atoms with Crippen molar-refractivity contribution in [3.63, 3.8) is 0 Å². The second-order valence-corrected chi connectivity index (χ2v) is 4.28. The van der Waals surface area contributed by atoms with Gasteiger partial charge in [-0.15, -0.1) is 0 Å². The summed E-state index contributed by atoms with van der Waals surface area (Å²) < 4.78 is 6.23. The van der Waals surface area contributed by atoms with Gasteiger partial charge in [0.15, 0.2) is 0 Å². The third-order valence-corrected chi connectivity index (χ3v) is 2.77. The molecule has 1 aliphatic rings. The average molecular weight is 264 g/mol. The second kappa shape index (κ2) is 3.48. The van der Waals surface area contributed by atoms with Crippen LogP contribution in [-0.4, -0.2) is 11.7 Å². The first-order valence-corrected chi connectivity index (χ1v) is 5.15. The van der Waals surface area contributed by atoms with Crippen molar-refractivity contribution in [3.8, 4) is 5.75 Å². The minimum Gasteiger partial charge on any atom is -0.492 e. The summed E-state index contributed by atoms with van der Waals surface area (Å²) >= 11 is 9.26. The molecule has 0 spiro atoms. The highest BCUT2D eigenvalue weighted by atomic mass is 79.9. The summed E-state index contributed by atoms with van der Waals surface area (Å²) in [5, 5.41) is 10.2. The molecule has 1 atom stereocenters. The Hall–Kier alpha value is -0.250. The van der Waals surface area contributed by atoms with Crippen molar-refractivity contribution in [2.45, 2.75) is 12.5 Å². The van der Waals surface area contributed by atoms with Crippen LogP contribution in [-0.2, 0) is 0 Å². The molecule has 1 aromatic rings. The number of aliphatic hydroxyl groups excluding tert-OH is 1. The molecule has 2 rings (SSSR count). The van der Waals surface area contributed by atoms with Gasteiger partial charge in [-0.3, -0.25) is 0 Å². The Morgan fingerprint density at radius 2 is 2.31 bits per heavy atom. The molecular weight excluding hydrogens is 255 g/mol. The molecule has 0 radical (unpaired) electrons. The summed E-state index contributed by atoms with van der Waals surface area (Å²) in [6, 6.07) is 3.60. The standard InChI is InChI=1S/C9H8BrClO2/c10-5-3-6-8(12)1-2-13-9(6)7(11)4-5/h3-4,8,12H,1-2H2. The van der Waals surface area contributed by atoms with E-state index < -0.39 is 6.10 Å². The van der Waals surface area contributed by atoms with Gasteiger partial charge < -0.3 is 9.84 Å². The lowest BCUT2D eigenvalue weighted by atomic mass is 10.0. The molecule has 2 nitrogen and oxygen atoms in total. The first-order valence-electron chi connectivity index (χ1n) is 3.98. The molecule has 0 bridgehead atoms. The smallest absolute Gasteiger partial charge is 0.143 e. The van der Waals surface area contributed by atoms with Crippen molar-refractivity contribution in [1.29, 1.82) is 0 Å². The fourth-order valence-electron chi connectivity index (χ4n) is 1.41. The lowest BCUT2D eigenvalue weighted by Gasteiger charge is -2.23. The SMILES string of the molecule is OC1CCOc2c(Cl)cc(Br)cc21. The van der Waals surface area contributed by atoms with Crippen molar-refractivity contribution in [1.82, 2.24) is 0 Å². The lowest BCUT2D eigenvalue weighted by Crippen LogP contribution is -2.13. The van der Waals surface area contributed by atoms with Crippen LogP contribution in [0.1, 0.15) is 18.1 Å².